The molecular formula is C17H16N2O3S2. The number of aryl methyl sites for hydroxylation is 1. The number of hydrogen-bond donors (Lipinski definition) is 0. The van der Waals surface area contributed by atoms with E-state index in [2.05, 4.69) is 9.97 Å². The van der Waals surface area contributed by atoms with Crippen LogP contribution in [-0.2, 0) is 15.5 Å². The lowest BCUT2D eigenvalue weighted by Crippen LogP contribution is -2.05. The summed E-state index contributed by atoms with van der Waals surface area (Å²) in [6.45, 7) is 4.10. The van der Waals surface area contributed by atoms with E-state index in [9.17, 15) is 9.00 Å². The van der Waals surface area contributed by atoms with Crippen LogP contribution < -0.4 is 0 Å². The van der Waals surface area contributed by atoms with Crippen LogP contribution in [0.25, 0.3) is 21.3 Å². The molecule has 0 fully saturated rings. The SMILES string of the molecule is CCOC(=O)c1ccc(C)c(-c2csc3c(S(C)=O)ncnc23)c1. The van der Waals surface area contributed by atoms with Crippen molar-refractivity contribution >= 4 is 38.3 Å². The first-order valence-electron chi connectivity index (χ1n) is 7.36. The molecule has 0 bridgehead atoms. The Balaban J connectivity index is 2.17. The molecule has 0 aliphatic heterocycles. The maximum absolute atomic E-state index is 12.0. The first kappa shape index (κ1) is 16.7. The molecule has 3 aromatic rings. The van der Waals surface area contributed by atoms with Gasteiger partial charge in [0.1, 0.15) is 11.4 Å². The number of carbonyl (C=O) groups excluding carboxylic acids is 1. The summed E-state index contributed by atoms with van der Waals surface area (Å²) in [6, 6.07) is 5.47. The monoisotopic (exact) mass is 360 g/mol. The minimum Gasteiger partial charge on any atom is -0.462 e. The summed E-state index contributed by atoms with van der Waals surface area (Å²) in [5.74, 6) is -0.344. The van der Waals surface area contributed by atoms with Gasteiger partial charge in [0.15, 0.2) is 0 Å². The number of carbonyl (C=O) groups is 1. The molecule has 2 aromatic heterocycles. The molecule has 5 nitrogen and oxygen atoms in total. The van der Waals surface area contributed by atoms with E-state index in [1.165, 1.54) is 17.7 Å². The van der Waals surface area contributed by atoms with Gasteiger partial charge in [0, 0.05) is 17.2 Å². The van der Waals surface area contributed by atoms with Gasteiger partial charge in [0.25, 0.3) is 0 Å². The molecule has 24 heavy (non-hydrogen) atoms. The second-order valence-corrected chi connectivity index (χ2v) is 7.38. The Morgan fingerprint density at radius 1 is 1.29 bits per heavy atom. The van der Waals surface area contributed by atoms with Crippen molar-refractivity contribution in [3.05, 3.63) is 41.0 Å². The maximum Gasteiger partial charge on any atom is 0.338 e. The minimum atomic E-state index is -1.18. The van der Waals surface area contributed by atoms with Crippen LogP contribution in [0, 0.1) is 6.92 Å². The number of fused-ring (bicyclic) bond motifs is 1. The Morgan fingerprint density at radius 3 is 2.79 bits per heavy atom. The number of thiophene rings is 1. The number of esters is 1. The summed E-state index contributed by atoms with van der Waals surface area (Å²) in [5, 5.41) is 2.50. The standard InChI is InChI=1S/C17H16N2O3S2/c1-4-22-17(20)11-6-5-10(2)12(7-11)13-8-23-15-14(13)18-9-19-16(15)24(3)21/h5-9H,4H2,1-3H3. The average molecular weight is 360 g/mol. The molecule has 0 saturated heterocycles. The second-order valence-electron chi connectivity index (χ2n) is 5.21. The van der Waals surface area contributed by atoms with Crippen LogP contribution in [0.3, 0.4) is 0 Å². The normalized spacial score (nSPS) is 12.3. The molecule has 124 valence electrons. The molecule has 1 aromatic carbocycles. The molecule has 1 atom stereocenters. The van der Waals surface area contributed by atoms with Gasteiger partial charge < -0.3 is 4.74 Å². The first-order valence-corrected chi connectivity index (χ1v) is 9.80. The zero-order chi connectivity index (χ0) is 17.3. The van der Waals surface area contributed by atoms with Crippen LogP contribution in [0.4, 0.5) is 0 Å². The van der Waals surface area contributed by atoms with E-state index in [0.717, 1.165) is 26.9 Å². The lowest BCUT2D eigenvalue weighted by Gasteiger charge is -2.08. The lowest BCUT2D eigenvalue weighted by molar-refractivity contribution is 0.0526. The third-order valence-corrected chi connectivity index (χ3v) is 5.59. The highest BCUT2D eigenvalue weighted by Gasteiger charge is 2.17. The summed E-state index contributed by atoms with van der Waals surface area (Å²) in [7, 11) is -1.18. The van der Waals surface area contributed by atoms with Gasteiger partial charge in [-0.2, -0.15) is 0 Å². The third kappa shape index (κ3) is 2.97. The predicted molar refractivity (Wildman–Crippen MR) is 95.9 cm³/mol. The van der Waals surface area contributed by atoms with Crippen LogP contribution in [0.15, 0.2) is 34.9 Å². The van der Waals surface area contributed by atoms with Gasteiger partial charge in [-0.15, -0.1) is 11.3 Å². The van der Waals surface area contributed by atoms with E-state index in [-0.39, 0.29) is 5.97 Å². The Bertz CT molecular complexity index is 950. The molecule has 0 N–H and O–H groups in total. The average Bonchev–Trinajstić information content (AvgIpc) is 2.99. The Hall–Kier alpha value is -2.12. The third-order valence-electron chi connectivity index (χ3n) is 3.63. The molecule has 0 aliphatic rings. The van der Waals surface area contributed by atoms with E-state index in [0.29, 0.717) is 17.2 Å². The Kier molecular flexibility index (Phi) is 4.73. The topological polar surface area (TPSA) is 69.2 Å². The largest absolute Gasteiger partial charge is 0.462 e. The fourth-order valence-electron chi connectivity index (χ4n) is 2.48. The van der Waals surface area contributed by atoms with Crippen molar-refractivity contribution in [1.82, 2.24) is 9.97 Å². The second kappa shape index (κ2) is 6.78. The number of rotatable bonds is 4. The van der Waals surface area contributed by atoms with Gasteiger partial charge in [0.05, 0.1) is 33.2 Å². The summed E-state index contributed by atoms with van der Waals surface area (Å²) in [4.78, 5) is 20.5. The van der Waals surface area contributed by atoms with Gasteiger partial charge in [-0.1, -0.05) is 6.07 Å². The molecule has 3 rings (SSSR count). The summed E-state index contributed by atoms with van der Waals surface area (Å²) in [5.41, 5.74) is 4.11. The quantitative estimate of drug-likeness (QED) is 0.525. The Labute approximate surface area is 146 Å². The van der Waals surface area contributed by atoms with E-state index >= 15 is 0 Å². The minimum absolute atomic E-state index is 0.336. The van der Waals surface area contributed by atoms with Gasteiger partial charge in [-0.3, -0.25) is 4.21 Å². The number of aromatic nitrogens is 2. The highest BCUT2D eigenvalue weighted by Crippen LogP contribution is 2.36. The number of ether oxygens (including phenoxy) is 1. The molecule has 7 heteroatoms. The van der Waals surface area contributed by atoms with E-state index in [4.69, 9.17) is 4.74 Å². The lowest BCUT2D eigenvalue weighted by atomic mass is 9.99. The van der Waals surface area contributed by atoms with Gasteiger partial charge in [-0.05, 0) is 37.1 Å². The smallest absolute Gasteiger partial charge is 0.338 e. The van der Waals surface area contributed by atoms with Crippen LogP contribution in [0.1, 0.15) is 22.8 Å². The molecule has 0 amide bonds. The fraction of sp³-hybridized carbons (Fsp3) is 0.235. The van der Waals surface area contributed by atoms with Crippen molar-refractivity contribution in [2.24, 2.45) is 0 Å². The highest BCUT2D eigenvalue weighted by atomic mass is 32.2. The molecular weight excluding hydrogens is 344 g/mol. The molecule has 0 radical (unpaired) electrons. The van der Waals surface area contributed by atoms with E-state index in [1.54, 1.807) is 19.2 Å². The number of hydrogen-bond acceptors (Lipinski definition) is 6. The van der Waals surface area contributed by atoms with Crippen molar-refractivity contribution in [1.29, 1.82) is 0 Å². The van der Waals surface area contributed by atoms with E-state index < -0.39 is 10.8 Å². The van der Waals surface area contributed by atoms with Crippen LogP contribution in [-0.4, -0.2) is 33.0 Å². The van der Waals surface area contributed by atoms with Crippen molar-refractivity contribution in [3.8, 4) is 11.1 Å². The van der Waals surface area contributed by atoms with Crippen LogP contribution >= 0.6 is 11.3 Å². The Morgan fingerprint density at radius 2 is 2.08 bits per heavy atom. The van der Waals surface area contributed by atoms with Crippen LogP contribution in [0.5, 0.6) is 0 Å². The molecule has 0 aliphatic carbocycles. The van der Waals surface area contributed by atoms with Gasteiger partial charge >= 0.3 is 5.97 Å². The predicted octanol–water partition coefficient (Wildman–Crippen LogP) is 3.58. The number of benzene rings is 1. The fourth-order valence-corrected chi connectivity index (χ4v) is 4.43. The van der Waals surface area contributed by atoms with Crippen molar-refractivity contribution < 1.29 is 13.7 Å². The number of nitrogens with zero attached hydrogens (tertiary/aromatic N) is 2. The summed E-state index contributed by atoms with van der Waals surface area (Å²) in [6.07, 6.45) is 3.04. The summed E-state index contributed by atoms with van der Waals surface area (Å²) < 4.78 is 17.7. The first-order chi connectivity index (χ1) is 11.5. The van der Waals surface area contributed by atoms with Crippen molar-refractivity contribution in [2.75, 3.05) is 12.9 Å². The zero-order valence-electron chi connectivity index (χ0n) is 13.5. The molecule has 2 heterocycles. The van der Waals surface area contributed by atoms with Gasteiger partial charge in [0.2, 0.25) is 0 Å². The highest BCUT2D eigenvalue weighted by molar-refractivity contribution is 7.84. The van der Waals surface area contributed by atoms with Gasteiger partial charge in [-0.25, -0.2) is 14.8 Å². The molecule has 0 spiro atoms. The maximum atomic E-state index is 12.0. The molecule has 0 saturated carbocycles. The van der Waals surface area contributed by atoms with Crippen molar-refractivity contribution in [2.45, 2.75) is 18.9 Å². The summed E-state index contributed by atoms with van der Waals surface area (Å²) >= 11 is 1.46. The van der Waals surface area contributed by atoms with Crippen molar-refractivity contribution in [3.63, 3.8) is 0 Å². The van der Waals surface area contributed by atoms with E-state index in [1.807, 2.05) is 24.4 Å². The van der Waals surface area contributed by atoms with Crippen LogP contribution in [0.2, 0.25) is 0 Å². The molecule has 1 unspecified atom stereocenters. The zero-order valence-corrected chi connectivity index (χ0v) is 15.2.